The van der Waals surface area contributed by atoms with Gasteiger partial charge in [0.05, 0.1) is 23.9 Å². The first-order chi connectivity index (χ1) is 21.5. The van der Waals surface area contributed by atoms with Gasteiger partial charge in [-0.15, -0.1) is 0 Å². The zero-order chi connectivity index (χ0) is 32.4. The molecule has 2 aliphatic rings. The Morgan fingerprint density at radius 1 is 0.956 bits per heavy atom. The molecular formula is C36H46BN3O5. The Labute approximate surface area is 267 Å². The van der Waals surface area contributed by atoms with Gasteiger partial charge in [-0.2, -0.15) is 0 Å². The molecule has 0 bridgehead atoms. The Balaban J connectivity index is 1.47. The Morgan fingerprint density at radius 2 is 1.62 bits per heavy atom. The fourth-order valence-electron chi connectivity index (χ4n) is 7.99. The highest BCUT2D eigenvalue weighted by atomic mass is 16.7. The molecule has 3 aromatic rings. The van der Waals surface area contributed by atoms with Crippen molar-refractivity contribution >= 4 is 24.3 Å². The Hall–Kier alpha value is -3.82. The average molecular weight is 612 g/mol. The molecule has 0 spiro atoms. The van der Waals surface area contributed by atoms with E-state index in [1.54, 1.807) is 12.1 Å². The van der Waals surface area contributed by atoms with Crippen LogP contribution in [0.5, 0.6) is 0 Å². The molecule has 5 rings (SSSR count). The van der Waals surface area contributed by atoms with Crippen molar-refractivity contribution in [2.45, 2.75) is 90.9 Å². The summed E-state index contributed by atoms with van der Waals surface area (Å²) in [5, 5.41) is 3.03. The summed E-state index contributed by atoms with van der Waals surface area (Å²) < 4.78 is 13.4. The maximum atomic E-state index is 14.4. The minimum Gasteiger partial charge on any atom is -0.610 e. The van der Waals surface area contributed by atoms with Gasteiger partial charge in [-0.3, -0.25) is 9.59 Å². The topological polar surface area (TPSA) is 94.6 Å². The van der Waals surface area contributed by atoms with E-state index >= 15 is 0 Å². The lowest BCUT2D eigenvalue weighted by molar-refractivity contribution is -0.864. The van der Waals surface area contributed by atoms with Crippen molar-refractivity contribution in [1.82, 2.24) is 10.3 Å². The van der Waals surface area contributed by atoms with Crippen LogP contribution in [0, 0.1) is 5.92 Å². The van der Waals surface area contributed by atoms with E-state index in [1.165, 1.54) is 0 Å². The molecule has 9 heteroatoms. The van der Waals surface area contributed by atoms with Gasteiger partial charge in [0.15, 0.2) is 5.78 Å². The van der Waals surface area contributed by atoms with Crippen molar-refractivity contribution in [1.29, 1.82) is 0 Å². The molecule has 45 heavy (non-hydrogen) atoms. The van der Waals surface area contributed by atoms with Crippen LogP contribution in [0.25, 0.3) is 11.3 Å². The third kappa shape index (κ3) is 6.08. The predicted octanol–water partition coefficient (Wildman–Crippen LogP) is 5.99. The number of nitrogens with zero attached hydrogens (tertiary/aromatic N) is 2. The van der Waals surface area contributed by atoms with E-state index < -0.39 is 18.6 Å². The molecule has 2 aromatic carbocycles. The molecule has 1 amide bonds. The highest BCUT2D eigenvalue weighted by Crippen LogP contribution is 2.53. The molecule has 238 valence electrons. The maximum absolute atomic E-state index is 14.4. The number of fused-ring (bicyclic) bond motifs is 1. The van der Waals surface area contributed by atoms with E-state index in [2.05, 4.69) is 38.0 Å². The molecule has 0 radical (unpaired) electrons. The van der Waals surface area contributed by atoms with Crippen LogP contribution in [0.2, 0.25) is 5.82 Å². The number of Topliss-reactive ketones (excluding diaryl/α,β-unsaturated/α-hetero) is 1. The molecule has 3 heterocycles. The minimum absolute atomic E-state index is 0.0315. The number of carbonyl (C=O) groups excluding carboxylic acids is 3. The summed E-state index contributed by atoms with van der Waals surface area (Å²) in [5.74, 6) is -0.905. The lowest BCUT2D eigenvalue weighted by Crippen LogP contribution is -2.70. The summed E-state index contributed by atoms with van der Waals surface area (Å²) in [6, 6.07) is 23.5. The highest BCUT2D eigenvalue weighted by molar-refractivity contribution is 6.65. The molecule has 0 aliphatic carbocycles. The first kappa shape index (κ1) is 32.6. The van der Waals surface area contributed by atoms with Crippen molar-refractivity contribution in [2.24, 2.45) is 5.92 Å². The van der Waals surface area contributed by atoms with Gasteiger partial charge in [0, 0.05) is 12.1 Å². The number of amides is 1. The van der Waals surface area contributed by atoms with Crippen LogP contribution in [0.1, 0.15) is 70.4 Å². The lowest BCUT2D eigenvalue weighted by atomic mass is 9.50. The first-order valence-electron chi connectivity index (χ1n) is 16.3. The molecule has 1 N–H and O–H groups in total. The van der Waals surface area contributed by atoms with Gasteiger partial charge in [-0.1, -0.05) is 87.0 Å². The second-order valence-electron chi connectivity index (χ2n) is 13.3. The standard InChI is InChI=1S/C36H46BN3O5/c1-7-40-25(4)27(6)44-37(40,45-36(43)26(40)5)30(21-24(2)3)23-34(41)33(22-28-15-10-8-11-16-28)39-35(42)32-20-14-19-31(38-32)29-17-12-9-13-18-29/h8-20,24-27,30,33H,7,21-23H2,1-6H3,(H,39,42)/t25-,26-,27+,30-,33+,37?,40?/m1/s1. The number of pyridine rings is 1. The summed E-state index contributed by atoms with van der Waals surface area (Å²) >= 11 is 0. The number of ketones is 1. The molecule has 1 aromatic heterocycles. The summed E-state index contributed by atoms with van der Waals surface area (Å²) in [4.78, 5) is 46.0. The van der Waals surface area contributed by atoms with Gasteiger partial charge in [0.2, 0.25) is 0 Å². The average Bonchev–Trinajstić information content (AvgIpc) is 3.40. The van der Waals surface area contributed by atoms with E-state index in [-0.39, 0.29) is 53.8 Å². The number of hydrogen-bond acceptors (Lipinski definition) is 6. The van der Waals surface area contributed by atoms with E-state index in [9.17, 15) is 14.4 Å². The van der Waals surface area contributed by atoms with Crippen LogP contribution in [-0.2, 0) is 25.3 Å². The molecule has 2 unspecified atom stereocenters. The van der Waals surface area contributed by atoms with E-state index in [4.69, 9.17) is 9.31 Å². The fraction of sp³-hybridized carbons (Fsp3) is 0.444. The van der Waals surface area contributed by atoms with Gasteiger partial charge in [0.1, 0.15) is 11.7 Å². The van der Waals surface area contributed by atoms with Crippen molar-refractivity contribution in [3.63, 3.8) is 0 Å². The lowest BCUT2D eigenvalue weighted by Gasteiger charge is -2.53. The molecule has 2 saturated heterocycles. The smallest absolute Gasteiger partial charge is 0.532 e. The molecular weight excluding hydrogens is 565 g/mol. The van der Waals surface area contributed by atoms with Gasteiger partial charge in [-0.05, 0) is 70.0 Å². The summed E-state index contributed by atoms with van der Waals surface area (Å²) in [7, 11) is 0. The van der Waals surface area contributed by atoms with Crippen LogP contribution >= 0.6 is 0 Å². The van der Waals surface area contributed by atoms with Crippen molar-refractivity contribution < 1.29 is 28.1 Å². The number of hydrogen-bond donors (Lipinski definition) is 1. The third-order valence-electron chi connectivity index (χ3n) is 10.3. The van der Waals surface area contributed by atoms with Gasteiger partial charge >= 0.3 is 12.7 Å². The Kier molecular flexibility index (Phi) is 9.61. The van der Waals surface area contributed by atoms with Crippen LogP contribution in [0.3, 0.4) is 0 Å². The second-order valence-corrected chi connectivity index (χ2v) is 13.3. The minimum atomic E-state index is -2.18. The normalized spacial score (nSPS) is 27.1. The van der Waals surface area contributed by atoms with Gasteiger partial charge in [-0.25, -0.2) is 9.78 Å². The maximum Gasteiger partial charge on any atom is 0.532 e. The molecule has 0 saturated carbocycles. The van der Waals surface area contributed by atoms with Crippen LogP contribution in [0.15, 0.2) is 78.9 Å². The number of quaternary nitrogens is 1. The van der Waals surface area contributed by atoms with Crippen molar-refractivity contribution in [3.8, 4) is 11.3 Å². The Bertz CT molecular complexity index is 1520. The summed E-state index contributed by atoms with van der Waals surface area (Å²) in [6.07, 6.45) is 0.966. The van der Waals surface area contributed by atoms with Crippen molar-refractivity contribution in [3.05, 3.63) is 90.1 Å². The van der Waals surface area contributed by atoms with Crippen LogP contribution < -0.4 is 5.32 Å². The molecule has 2 aliphatic heterocycles. The summed E-state index contributed by atoms with van der Waals surface area (Å²) in [6.45, 7) is 10.9. The van der Waals surface area contributed by atoms with Gasteiger partial charge in [0.25, 0.3) is 5.91 Å². The number of rotatable bonds is 12. The van der Waals surface area contributed by atoms with E-state index in [1.807, 2.05) is 80.6 Å². The zero-order valence-corrected chi connectivity index (χ0v) is 27.3. The number of likely N-dealkylation sites (N-methyl/N-ethyl adjacent to an activating group) is 1. The SMILES string of the molecule is CC[N+]12[C@H](C)C(=O)O[B-]1([C@@H](CC(=O)[C@H](Cc1ccccc1)NC(=O)c1cccc(-c3ccccc3)n1)CC(C)C)O[C@@H](C)[C@H]2C. The summed E-state index contributed by atoms with van der Waals surface area (Å²) in [5.41, 5.74) is 2.76. The van der Waals surface area contributed by atoms with E-state index in [0.717, 1.165) is 11.1 Å². The first-order valence-corrected chi connectivity index (χ1v) is 16.3. The number of carbonyl (C=O) groups is 3. The molecule has 8 nitrogen and oxygen atoms in total. The third-order valence-corrected chi connectivity index (χ3v) is 10.3. The number of aromatic nitrogens is 1. The Morgan fingerprint density at radius 3 is 2.27 bits per heavy atom. The predicted molar refractivity (Wildman–Crippen MR) is 176 cm³/mol. The second kappa shape index (κ2) is 13.3. The van der Waals surface area contributed by atoms with Crippen molar-refractivity contribution in [2.75, 3.05) is 6.54 Å². The molecule has 2 fully saturated rings. The quantitative estimate of drug-likeness (QED) is 0.253. The largest absolute Gasteiger partial charge is 0.610 e. The van der Waals surface area contributed by atoms with Crippen LogP contribution in [-0.4, -0.2) is 64.5 Å². The monoisotopic (exact) mass is 611 g/mol. The van der Waals surface area contributed by atoms with E-state index in [0.29, 0.717) is 29.5 Å². The highest BCUT2D eigenvalue weighted by Gasteiger charge is 2.72. The zero-order valence-electron chi connectivity index (χ0n) is 27.3. The number of benzene rings is 2. The van der Waals surface area contributed by atoms with Crippen LogP contribution in [0.4, 0.5) is 0 Å². The fourth-order valence-corrected chi connectivity index (χ4v) is 7.99. The number of nitrogens with one attached hydrogen (secondary N) is 1. The van der Waals surface area contributed by atoms with Gasteiger partial charge < -0.3 is 19.0 Å². The molecule has 7 atom stereocenters.